The summed E-state index contributed by atoms with van der Waals surface area (Å²) in [5.74, 6) is 1.83. The van der Waals surface area contributed by atoms with Crippen LogP contribution in [-0.4, -0.2) is 31.8 Å². The highest BCUT2D eigenvalue weighted by molar-refractivity contribution is 7.89. The molecule has 3 rings (SSSR count). The molecule has 1 atom stereocenters. The normalized spacial score (nSPS) is 15.8. The second-order valence-electron chi connectivity index (χ2n) is 6.15. The number of rotatable bonds is 5. The second-order valence-corrected chi connectivity index (χ2v) is 7.86. The average molecular weight is 367 g/mol. The first-order chi connectivity index (χ1) is 11.9. The van der Waals surface area contributed by atoms with Gasteiger partial charge >= 0.3 is 0 Å². The zero-order chi connectivity index (χ0) is 18.0. The Morgan fingerprint density at radius 2 is 1.84 bits per heavy atom. The summed E-state index contributed by atoms with van der Waals surface area (Å²) < 4.78 is 44.0. The summed E-state index contributed by atoms with van der Waals surface area (Å²) in [7, 11) is -3.78. The maximum Gasteiger partial charge on any atom is 0.244 e. The average Bonchev–Trinajstić information content (AvgIpc) is 2.94. The molecule has 0 saturated carbocycles. The van der Waals surface area contributed by atoms with E-state index in [2.05, 4.69) is 14.9 Å². The van der Waals surface area contributed by atoms with Crippen molar-refractivity contribution in [1.29, 1.82) is 0 Å². The highest BCUT2D eigenvalue weighted by atomic mass is 32.2. The van der Waals surface area contributed by atoms with Gasteiger partial charge in [-0.05, 0) is 19.1 Å². The summed E-state index contributed by atoms with van der Waals surface area (Å²) in [5.41, 5.74) is 0. The van der Waals surface area contributed by atoms with Crippen LogP contribution in [-0.2, 0) is 10.0 Å². The van der Waals surface area contributed by atoms with Gasteiger partial charge in [-0.3, -0.25) is 0 Å². The van der Waals surface area contributed by atoms with E-state index in [-0.39, 0.29) is 16.7 Å². The fourth-order valence-electron chi connectivity index (χ4n) is 2.32. The first-order valence-corrected chi connectivity index (χ1v) is 9.60. The molecule has 1 N–H and O–H groups in total. The molecule has 1 aliphatic heterocycles. The van der Waals surface area contributed by atoms with Crippen molar-refractivity contribution in [2.24, 2.45) is 0 Å². The Morgan fingerprint density at radius 1 is 1.12 bits per heavy atom. The van der Waals surface area contributed by atoms with E-state index in [0.29, 0.717) is 30.5 Å². The Morgan fingerprint density at radius 3 is 2.52 bits per heavy atom. The van der Waals surface area contributed by atoms with E-state index in [1.54, 1.807) is 13.0 Å². The van der Waals surface area contributed by atoms with Crippen molar-refractivity contribution in [3.63, 3.8) is 0 Å². The molecule has 1 aromatic heterocycles. The van der Waals surface area contributed by atoms with Crippen LogP contribution >= 0.6 is 0 Å². The number of hydrogen-bond donors (Lipinski definition) is 1. The summed E-state index contributed by atoms with van der Waals surface area (Å²) in [6.07, 6.45) is 0.751. The number of aromatic nitrogens is 2. The molecule has 2 heterocycles. The summed E-state index contributed by atoms with van der Waals surface area (Å²) in [6, 6.07) is 3.89. The molecule has 1 unspecified atom stereocenters. The topological polar surface area (TPSA) is 104 Å². The summed E-state index contributed by atoms with van der Waals surface area (Å²) >= 11 is 0. The molecule has 0 aliphatic carbocycles. The van der Waals surface area contributed by atoms with Crippen LogP contribution in [0.2, 0.25) is 0 Å². The zero-order valence-corrected chi connectivity index (χ0v) is 15.2. The van der Waals surface area contributed by atoms with Crippen molar-refractivity contribution < 1.29 is 22.4 Å². The lowest BCUT2D eigenvalue weighted by Crippen LogP contribution is -2.27. The number of ether oxygens (including phenoxy) is 2. The Balaban J connectivity index is 1.80. The first-order valence-electron chi connectivity index (χ1n) is 8.12. The van der Waals surface area contributed by atoms with E-state index in [1.807, 2.05) is 13.8 Å². The van der Waals surface area contributed by atoms with Gasteiger partial charge < -0.3 is 14.0 Å². The molecule has 1 aromatic carbocycles. The SMILES string of the molecule is CC(C)c1noc(C(C)NS(=O)(=O)c2ccc3c(c2)OCCCO3)n1. The maximum absolute atomic E-state index is 12.6. The van der Waals surface area contributed by atoms with Gasteiger partial charge in [-0.1, -0.05) is 19.0 Å². The number of fused-ring (bicyclic) bond motifs is 1. The minimum Gasteiger partial charge on any atom is -0.490 e. The lowest BCUT2D eigenvalue weighted by molar-refractivity contribution is 0.297. The predicted molar refractivity (Wildman–Crippen MR) is 89.2 cm³/mol. The summed E-state index contributed by atoms with van der Waals surface area (Å²) in [5, 5.41) is 3.85. The van der Waals surface area contributed by atoms with Crippen molar-refractivity contribution in [3.8, 4) is 11.5 Å². The smallest absolute Gasteiger partial charge is 0.244 e. The number of hydrogen-bond acceptors (Lipinski definition) is 7. The van der Waals surface area contributed by atoms with Gasteiger partial charge in [0.2, 0.25) is 15.9 Å². The van der Waals surface area contributed by atoms with Crippen molar-refractivity contribution >= 4 is 10.0 Å². The minimum absolute atomic E-state index is 0.0900. The van der Waals surface area contributed by atoms with Crippen molar-refractivity contribution in [1.82, 2.24) is 14.9 Å². The van der Waals surface area contributed by atoms with E-state index in [1.165, 1.54) is 12.1 Å². The number of nitrogens with one attached hydrogen (secondary N) is 1. The first kappa shape index (κ1) is 17.7. The third-order valence-corrected chi connectivity index (χ3v) is 5.24. The number of nitrogens with zero attached hydrogens (tertiary/aromatic N) is 2. The van der Waals surface area contributed by atoms with Gasteiger partial charge in [-0.15, -0.1) is 0 Å². The molecule has 9 heteroatoms. The van der Waals surface area contributed by atoms with Crippen molar-refractivity contribution in [2.75, 3.05) is 13.2 Å². The van der Waals surface area contributed by atoms with E-state index in [4.69, 9.17) is 14.0 Å². The molecule has 136 valence electrons. The molecule has 0 radical (unpaired) electrons. The summed E-state index contributed by atoms with van der Waals surface area (Å²) in [6.45, 7) is 6.55. The maximum atomic E-state index is 12.6. The molecular formula is C16H21N3O5S. The number of sulfonamides is 1. The van der Waals surface area contributed by atoms with Crippen LogP contribution in [0.1, 0.15) is 50.9 Å². The van der Waals surface area contributed by atoms with E-state index >= 15 is 0 Å². The summed E-state index contributed by atoms with van der Waals surface area (Å²) in [4.78, 5) is 4.31. The standard InChI is InChI=1S/C16H21N3O5S/c1-10(2)15-17-16(24-18-15)11(3)19-25(20,21)12-5-6-13-14(9-12)23-8-4-7-22-13/h5-6,9-11,19H,4,7-8H2,1-3H3. The minimum atomic E-state index is -3.78. The molecule has 0 fully saturated rings. The van der Waals surface area contributed by atoms with Gasteiger partial charge in [0.05, 0.1) is 24.2 Å². The van der Waals surface area contributed by atoms with Crippen LogP contribution in [0.15, 0.2) is 27.6 Å². The predicted octanol–water partition coefficient (Wildman–Crippen LogP) is 2.39. The molecule has 0 spiro atoms. The Bertz CT molecular complexity index is 847. The number of benzene rings is 1. The van der Waals surface area contributed by atoms with Gasteiger partial charge in [-0.2, -0.15) is 9.71 Å². The van der Waals surface area contributed by atoms with E-state index < -0.39 is 16.1 Å². The Labute approximate surface area is 146 Å². The zero-order valence-electron chi connectivity index (χ0n) is 14.4. The van der Waals surface area contributed by atoms with Crippen LogP contribution in [0.4, 0.5) is 0 Å². The fraction of sp³-hybridized carbons (Fsp3) is 0.500. The molecule has 2 aromatic rings. The molecule has 0 bridgehead atoms. The second kappa shape index (κ2) is 7.01. The van der Waals surface area contributed by atoms with Crippen LogP contribution in [0.3, 0.4) is 0 Å². The van der Waals surface area contributed by atoms with Gasteiger partial charge in [0.25, 0.3) is 0 Å². The molecule has 1 aliphatic rings. The molecule has 0 amide bonds. The van der Waals surface area contributed by atoms with Crippen molar-refractivity contribution in [2.45, 2.75) is 44.0 Å². The lowest BCUT2D eigenvalue weighted by Gasteiger charge is -2.13. The van der Waals surface area contributed by atoms with Crippen LogP contribution < -0.4 is 14.2 Å². The fourth-order valence-corrected chi connectivity index (χ4v) is 3.53. The van der Waals surface area contributed by atoms with E-state index in [9.17, 15) is 8.42 Å². The quantitative estimate of drug-likeness (QED) is 0.865. The molecule has 25 heavy (non-hydrogen) atoms. The third-order valence-electron chi connectivity index (χ3n) is 3.71. The Kier molecular flexibility index (Phi) is 4.96. The third kappa shape index (κ3) is 3.93. The van der Waals surface area contributed by atoms with Gasteiger partial charge in [-0.25, -0.2) is 8.42 Å². The largest absolute Gasteiger partial charge is 0.490 e. The van der Waals surface area contributed by atoms with Crippen molar-refractivity contribution in [3.05, 3.63) is 29.9 Å². The van der Waals surface area contributed by atoms with Crippen LogP contribution in [0, 0.1) is 0 Å². The van der Waals surface area contributed by atoms with E-state index in [0.717, 1.165) is 6.42 Å². The Hall–Kier alpha value is -2.13. The lowest BCUT2D eigenvalue weighted by atomic mass is 10.2. The molecule has 0 saturated heterocycles. The molecular weight excluding hydrogens is 346 g/mol. The van der Waals surface area contributed by atoms with Crippen LogP contribution in [0.25, 0.3) is 0 Å². The highest BCUT2D eigenvalue weighted by Gasteiger charge is 2.24. The van der Waals surface area contributed by atoms with Gasteiger partial charge in [0, 0.05) is 18.4 Å². The van der Waals surface area contributed by atoms with Crippen LogP contribution in [0.5, 0.6) is 11.5 Å². The van der Waals surface area contributed by atoms with Gasteiger partial charge in [0.1, 0.15) is 0 Å². The highest BCUT2D eigenvalue weighted by Crippen LogP contribution is 2.32. The van der Waals surface area contributed by atoms with Gasteiger partial charge in [0.15, 0.2) is 17.3 Å². The monoisotopic (exact) mass is 367 g/mol. The molecule has 8 nitrogen and oxygen atoms in total.